The lowest BCUT2D eigenvalue weighted by atomic mass is 9.83. The minimum atomic E-state index is -0.509. The van der Waals surface area contributed by atoms with E-state index in [0.717, 1.165) is 30.4 Å². The lowest BCUT2D eigenvalue weighted by Gasteiger charge is -2.28. The molecule has 0 fully saturated rings. The molecule has 0 aliphatic carbocycles. The van der Waals surface area contributed by atoms with Gasteiger partial charge >= 0.3 is 5.97 Å². The van der Waals surface area contributed by atoms with Crippen molar-refractivity contribution in [3.63, 3.8) is 0 Å². The zero-order valence-electron chi connectivity index (χ0n) is 21.0. The summed E-state index contributed by atoms with van der Waals surface area (Å²) in [6.07, 6.45) is 2.83. The predicted octanol–water partition coefficient (Wildman–Crippen LogP) is 6.09. The van der Waals surface area contributed by atoms with E-state index in [2.05, 4.69) is 13.0 Å². The first-order valence-corrected chi connectivity index (χ1v) is 12.4. The summed E-state index contributed by atoms with van der Waals surface area (Å²) in [7, 11) is 0. The smallest absolute Gasteiger partial charge is 0.343 e. The van der Waals surface area contributed by atoms with Gasteiger partial charge in [-0.05, 0) is 49.2 Å². The number of fused-ring (bicyclic) bond motifs is 1. The molecule has 0 spiro atoms. The van der Waals surface area contributed by atoms with Gasteiger partial charge in [-0.25, -0.2) is 4.79 Å². The van der Waals surface area contributed by atoms with E-state index >= 15 is 0 Å². The van der Waals surface area contributed by atoms with Crippen molar-refractivity contribution in [2.24, 2.45) is 5.73 Å². The molecular formula is C30H30N2O5. The van der Waals surface area contributed by atoms with E-state index in [1.165, 1.54) is 0 Å². The number of nitriles is 1. The number of hydrogen-bond acceptors (Lipinski definition) is 7. The molecule has 1 atom stereocenters. The number of hydrogen-bond donors (Lipinski definition) is 1. The highest BCUT2D eigenvalue weighted by molar-refractivity contribution is 5.91. The number of rotatable bonds is 10. The molecule has 0 radical (unpaired) electrons. The van der Waals surface area contributed by atoms with E-state index in [4.69, 9.17) is 24.7 Å². The number of nitrogens with zero attached hydrogens (tertiary/aromatic N) is 1. The van der Waals surface area contributed by atoms with Crippen LogP contribution < -0.4 is 24.7 Å². The fourth-order valence-electron chi connectivity index (χ4n) is 4.07. The number of allylic oxidation sites excluding steroid dienone is 1. The molecule has 0 bridgehead atoms. The second-order valence-corrected chi connectivity index (χ2v) is 8.63. The van der Waals surface area contributed by atoms with Crippen LogP contribution in [0.15, 0.2) is 78.2 Å². The van der Waals surface area contributed by atoms with Gasteiger partial charge in [0.15, 0.2) is 0 Å². The van der Waals surface area contributed by atoms with E-state index in [9.17, 15) is 10.1 Å². The Balaban J connectivity index is 1.60. The van der Waals surface area contributed by atoms with Crippen molar-refractivity contribution in [3.05, 3.63) is 94.9 Å². The molecule has 37 heavy (non-hydrogen) atoms. The maximum atomic E-state index is 12.7. The Morgan fingerprint density at radius 3 is 2.43 bits per heavy atom. The lowest BCUT2D eigenvalue weighted by Crippen LogP contribution is -2.21. The van der Waals surface area contributed by atoms with E-state index in [0.29, 0.717) is 47.3 Å². The minimum absolute atomic E-state index is 0.00880. The standard InChI is InChI=1S/C30H30N2O5/c1-3-5-17-35-26-9-7-6-8-23(26)28-24-15-14-22(18-27(24)37-29(32)25(28)19-31)36-30(33)20-10-12-21(13-11-20)34-16-4-2/h6-15,18,28H,3-5,16-17,32H2,1-2H3. The molecule has 1 heterocycles. The summed E-state index contributed by atoms with van der Waals surface area (Å²) in [5, 5.41) is 9.90. The molecule has 1 unspecified atom stereocenters. The summed E-state index contributed by atoms with van der Waals surface area (Å²) in [6.45, 7) is 5.31. The Bertz CT molecular complexity index is 1320. The Kier molecular flexibility index (Phi) is 8.32. The van der Waals surface area contributed by atoms with Gasteiger partial charge in [0.2, 0.25) is 5.88 Å². The maximum absolute atomic E-state index is 12.7. The molecule has 3 aromatic carbocycles. The summed E-state index contributed by atoms with van der Waals surface area (Å²) < 4.78 is 23.0. The van der Waals surface area contributed by atoms with Crippen LogP contribution in [0, 0.1) is 11.3 Å². The first kappa shape index (κ1) is 25.6. The Labute approximate surface area is 217 Å². The van der Waals surface area contributed by atoms with Gasteiger partial charge in [0, 0.05) is 17.2 Å². The van der Waals surface area contributed by atoms with Crippen molar-refractivity contribution >= 4 is 5.97 Å². The number of esters is 1. The molecule has 0 aromatic heterocycles. The SMILES string of the molecule is CCCCOc1ccccc1C1C(C#N)=C(N)Oc2cc(OC(=O)c3ccc(OCCC)cc3)ccc21. The van der Waals surface area contributed by atoms with Crippen LogP contribution in [0.2, 0.25) is 0 Å². The molecule has 0 amide bonds. The molecule has 190 valence electrons. The highest BCUT2D eigenvalue weighted by Gasteiger charge is 2.33. The third-order valence-electron chi connectivity index (χ3n) is 5.95. The molecule has 4 rings (SSSR count). The van der Waals surface area contributed by atoms with Gasteiger partial charge in [0.1, 0.15) is 34.6 Å². The quantitative estimate of drug-likeness (QED) is 0.205. The van der Waals surface area contributed by atoms with E-state index in [1.807, 2.05) is 31.2 Å². The number of unbranched alkanes of at least 4 members (excludes halogenated alkanes) is 1. The van der Waals surface area contributed by atoms with Gasteiger partial charge in [0.25, 0.3) is 0 Å². The molecule has 3 aromatic rings. The van der Waals surface area contributed by atoms with Crippen LogP contribution >= 0.6 is 0 Å². The number of benzene rings is 3. The van der Waals surface area contributed by atoms with Gasteiger partial charge in [0.05, 0.1) is 24.7 Å². The molecule has 0 saturated carbocycles. The fourth-order valence-corrected chi connectivity index (χ4v) is 4.07. The van der Waals surface area contributed by atoms with Gasteiger partial charge in [-0.15, -0.1) is 0 Å². The largest absolute Gasteiger partial charge is 0.494 e. The molecule has 7 heteroatoms. The summed E-state index contributed by atoms with van der Waals surface area (Å²) in [5.74, 6) is 1.12. The van der Waals surface area contributed by atoms with Crippen LogP contribution in [0.5, 0.6) is 23.0 Å². The van der Waals surface area contributed by atoms with Crippen LogP contribution in [-0.2, 0) is 0 Å². The Morgan fingerprint density at radius 2 is 1.70 bits per heavy atom. The highest BCUT2D eigenvalue weighted by atomic mass is 16.5. The fraction of sp³-hybridized carbons (Fsp3) is 0.267. The summed E-state index contributed by atoms with van der Waals surface area (Å²) in [4.78, 5) is 12.7. The molecule has 1 aliphatic rings. The zero-order chi connectivity index (χ0) is 26.2. The number of ether oxygens (including phenoxy) is 4. The Morgan fingerprint density at radius 1 is 0.946 bits per heavy atom. The normalized spacial score (nSPS) is 14.2. The van der Waals surface area contributed by atoms with E-state index in [1.54, 1.807) is 42.5 Å². The summed E-state index contributed by atoms with van der Waals surface area (Å²) >= 11 is 0. The van der Waals surface area contributed by atoms with Crippen molar-refractivity contribution in [1.29, 1.82) is 5.26 Å². The number of carbonyl (C=O) groups excluding carboxylic acids is 1. The third-order valence-corrected chi connectivity index (χ3v) is 5.95. The van der Waals surface area contributed by atoms with Crippen LogP contribution in [0.1, 0.15) is 60.5 Å². The van der Waals surface area contributed by atoms with Crippen molar-refractivity contribution in [2.75, 3.05) is 13.2 Å². The van der Waals surface area contributed by atoms with Gasteiger partial charge in [-0.1, -0.05) is 44.5 Å². The molecule has 1 aliphatic heterocycles. The molecule has 0 saturated heterocycles. The van der Waals surface area contributed by atoms with E-state index < -0.39 is 11.9 Å². The summed E-state index contributed by atoms with van der Waals surface area (Å²) in [6, 6.07) is 21.7. The van der Waals surface area contributed by atoms with Crippen molar-refractivity contribution in [3.8, 4) is 29.1 Å². The van der Waals surface area contributed by atoms with Crippen molar-refractivity contribution in [1.82, 2.24) is 0 Å². The molecular weight excluding hydrogens is 468 g/mol. The van der Waals surface area contributed by atoms with Crippen molar-refractivity contribution in [2.45, 2.75) is 39.0 Å². The maximum Gasteiger partial charge on any atom is 0.343 e. The average Bonchev–Trinajstić information content (AvgIpc) is 2.92. The first-order valence-electron chi connectivity index (χ1n) is 12.4. The number of carbonyl (C=O) groups is 1. The minimum Gasteiger partial charge on any atom is -0.494 e. The summed E-state index contributed by atoms with van der Waals surface area (Å²) in [5.41, 5.74) is 8.41. The first-order chi connectivity index (χ1) is 18.0. The highest BCUT2D eigenvalue weighted by Crippen LogP contribution is 2.46. The van der Waals surface area contributed by atoms with Crippen molar-refractivity contribution < 1.29 is 23.7 Å². The number of para-hydroxylation sites is 1. The van der Waals surface area contributed by atoms with Gasteiger partial charge < -0.3 is 24.7 Å². The topological polar surface area (TPSA) is 104 Å². The van der Waals surface area contributed by atoms with Gasteiger partial charge in [-0.3, -0.25) is 0 Å². The number of nitrogens with two attached hydrogens (primary N) is 1. The van der Waals surface area contributed by atoms with E-state index in [-0.39, 0.29) is 5.88 Å². The predicted molar refractivity (Wildman–Crippen MR) is 140 cm³/mol. The zero-order valence-corrected chi connectivity index (χ0v) is 21.0. The second kappa shape index (κ2) is 12.0. The van der Waals surface area contributed by atoms with Crippen LogP contribution in [0.4, 0.5) is 0 Å². The van der Waals surface area contributed by atoms with Crippen LogP contribution in [0.25, 0.3) is 0 Å². The van der Waals surface area contributed by atoms with Crippen LogP contribution in [0.3, 0.4) is 0 Å². The molecule has 2 N–H and O–H groups in total. The average molecular weight is 499 g/mol. The second-order valence-electron chi connectivity index (χ2n) is 8.63. The monoisotopic (exact) mass is 498 g/mol. The lowest BCUT2D eigenvalue weighted by molar-refractivity contribution is 0.0734. The third kappa shape index (κ3) is 5.87. The molecule has 7 nitrogen and oxygen atoms in total. The van der Waals surface area contributed by atoms with Gasteiger partial charge in [-0.2, -0.15) is 5.26 Å². The van der Waals surface area contributed by atoms with Crippen LogP contribution in [-0.4, -0.2) is 19.2 Å². The Hall–Kier alpha value is -4.44.